The summed E-state index contributed by atoms with van der Waals surface area (Å²) in [5.41, 5.74) is 3.72. The van der Waals surface area contributed by atoms with Crippen molar-refractivity contribution in [3.05, 3.63) is 59.7 Å². The highest BCUT2D eigenvalue weighted by Gasteiger charge is 2.20. The first-order chi connectivity index (χ1) is 11.1. The van der Waals surface area contributed by atoms with E-state index in [1.165, 1.54) is 16.0 Å². The van der Waals surface area contributed by atoms with Gasteiger partial charge in [0, 0.05) is 16.3 Å². The lowest BCUT2D eigenvalue weighted by molar-refractivity contribution is 0.614. The van der Waals surface area contributed by atoms with E-state index in [0.29, 0.717) is 17.1 Å². The number of benzene rings is 2. The van der Waals surface area contributed by atoms with Gasteiger partial charge in [-0.05, 0) is 53.9 Å². The molecule has 1 aliphatic heterocycles. The molecule has 4 heteroatoms. The molecule has 0 radical (unpaired) electrons. The minimum Gasteiger partial charge on any atom is -0.356 e. The van der Waals surface area contributed by atoms with Crippen LogP contribution < -0.4 is 10.6 Å². The highest BCUT2D eigenvalue weighted by atomic mass is 32.2. The van der Waals surface area contributed by atoms with Crippen molar-refractivity contribution < 1.29 is 0 Å². The molecule has 0 saturated carbocycles. The summed E-state index contributed by atoms with van der Waals surface area (Å²) in [6.45, 7) is 4.40. The summed E-state index contributed by atoms with van der Waals surface area (Å²) < 4.78 is 0. The first kappa shape index (κ1) is 16.3. The second kappa shape index (κ2) is 7.37. The maximum Gasteiger partial charge on any atom is 0.171 e. The minimum atomic E-state index is 0.294. The Balaban J connectivity index is 1.64. The maximum atomic E-state index is 5.50. The average molecular weight is 343 g/mol. The molecular formula is C19H22N2S2. The van der Waals surface area contributed by atoms with Crippen molar-refractivity contribution in [2.24, 2.45) is 0 Å². The van der Waals surface area contributed by atoms with Crippen LogP contribution in [-0.4, -0.2) is 10.9 Å². The monoisotopic (exact) mass is 342 g/mol. The summed E-state index contributed by atoms with van der Waals surface area (Å²) in [6, 6.07) is 17.4. The highest BCUT2D eigenvalue weighted by Crippen LogP contribution is 2.35. The van der Waals surface area contributed by atoms with E-state index < -0.39 is 0 Å². The van der Waals surface area contributed by atoms with Crippen LogP contribution in [0.4, 0.5) is 5.69 Å². The molecule has 0 unspecified atom stereocenters. The van der Waals surface area contributed by atoms with Crippen LogP contribution in [0.2, 0.25) is 0 Å². The summed E-state index contributed by atoms with van der Waals surface area (Å²) >= 11 is 7.43. The van der Waals surface area contributed by atoms with Gasteiger partial charge < -0.3 is 10.6 Å². The molecule has 0 aromatic heterocycles. The van der Waals surface area contributed by atoms with Crippen molar-refractivity contribution in [2.75, 3.05) is 11.1 Å². The number of nitrogens with one attached hydrogen (secondary N) is 2. The number of rotatable bonds is 3. The van der Waals surface area contributed by atoms with Crippen LogP contribution in [0.3, 0.4) is 0 Å². The largest absolute Gasteiger partial charge is 0.356 e. The van der Waals surface area contributed by atoms with Crippen molar-refractivity contribution in [1.29, 1.82) is 0 Å². The zero-order valence-corrected chi connectivity index (χ0v) is 15.1. The summed E-state index contributed by atoms with van der Waals surface area (Å²) in [6.07, 6.45) is 1.09. The van der Waals surface area contributed by atoms with E-state index in [1.807, 2.05) is 11.8 Å². The lowest BCUT2D eigenvalue weighted by Gasteiger charge is -2.27. The van der Waals surface area contributed by atoms with Gasteiger partial charge in [-0.2, -0.15) is 0 Å². The Kier molecular flexibility index (Phi) is 5.23. The minimum absolute atomic E-state index is 0.294. The molecule has 3 rings (SSSR count). The molecule has 2 N–H and O–H groups in total. The molecule has 1 atom stereocenters. The predicted molar refractivity (Wildman–Crippen MR) is 104 cm³/mol. The molecule has 0 fully saturated rings. The second-order valence-corrected chi connectivity index (χ2v) is 7.65. The van der Waals surface area contributed by atoms with Gasteiger partial charge >= 0.3 is 0 Å². The van der Waals surface area contributed by atoms with Crippen molar-refractivity contribution in [1.82, 2.24) is 5.32 Å². The fraction of sp³-hybridized carbons (Fsp3) is 0.316. The molecule has 2 aromatic carbocycles. The zero-order chi connectivity index (χ0) is 16.2. The molecule has 2 nitrogen and oxygen atoms in total. The van der Waals surface area contributed by atoms with Crippen molar-refractivity contribution in [3.63, 3.8) is 0 Å². The lowest BCUT2D eigenvalue weighted by atomic mass is 10.0. The Labute approximate surface area is 148 Å². The van der Waals surface area contributed by atoms with Crippen LogP contribution in [0.15, 0.2) is 53.4 Å². The third-order valence-corrected chi connectivity index (χ3v) is 5.44. The molecule has 1 aliphatic rings. The van der Waals surface area contributed by atoms with Gasteiger partial charge in [0.2, 0.25) is 0 Å². The van der Waals surface area contributed by atoms with Gasteiger partial charge in [0.15, 0.2) is 5.11 Å². The molecular weight excluding hydrogens is 320 g/mol. The molecule has 120 valence electrons. The standard InChI is InChI=1S/C19H22N2S2/c1-13(2)14-7-9-15(10-8-14)20-19(22)21-17-11-12-23-18-6-4-3-5-16(17)18/h3-10,13,17H,11-12H2,1-2H3,(H2,20,21,22)/t17-/m1/s1. The number of fused-ring (bicyclic) bond motifs is 1. The average Bonchev–Trinajstić information content (AvgIpc) is 2.55. The van der Waals surface area contributed by atoms with Gasteiger partial charge in [0.05, 0.1) is 6.04 Å². The van der Waals surface area contributed by atoms with E-state index in [-0.39, 0.29) is 0 Å². The van der Waals surface area contributed by atoms with Crippen LogP contribution in [-0.2, 0) is 0 Å². The third-order valence-electron chi connectivity index (χ3n) is 4.10. The summed E-state index contributed by atoms with van der Waals surface area (Å²) in [5, 5.41) is 7.46. The second-order valence-electron chi connectivity index (χ2n) is 6.10. The SMILES string of the molecule is CC(C)c1ccc(NC(=S)N[C@@H]2CCSc3ccccc32)cc1. The van der Waals surface area contributed by atoms with Crippen molar-refractivity contribution in [3.8, 4) is 0 Å². The summed E-state index contributed by atoms with van der Waals surface area (Å²) in [7, 11) is 0. The number of hydrogen-bond acceptors (Lipinski definition) is 2. The van der Waals surface area contributed by atoms with E-state index in [0.717, 1.165) is 17.9 Å². The van der Waals surface area contributed by atoms with Crippen LogP contribution in [0.1, 0.15) is 43.4 Å². The molecule has 23 heavy (non-hydrogen) atoms. The van der Waals surface area contributed by atoms with E-state index in [9.17, 15) is 0 Å². The van der Waals surface area contributed by atoms with Gasteiger partial charge in [0.1, 0.15) is 0 Å². The molecule has 1 heterocycles. The van der Waals surface area contributed by atoms with E-state index in [4.69, 9.17) is 12.2 Å². The van der Waals surface area contributed by atoms with E-state index in [1.54, 1.807) is 0 Å². The summed E-state index contributed by atoms with van der Waals surface area (Å²) in [5.74, 6) is 1.67. The lowest BCUT2D eigenvalue weighted by Crippen LogP contribution is -2.33. The van der Waals surface area contributed by atoms with Gasteiger partial charge in [-0.3, -0.25) is 0 Å². The Bertz CT molecular complexity index is 680. The Morgan fingerprint density at radius 2 is 1.87 bits per heavy atom. The molecule has 0 bridgehead atoms. The topological polar surface area (TPSA) is 24.1 Å². The molecule has 0 spiro atoms. The smallest absolute Gasteiger partial charge is 0.171 e. The van der Waals surface area contributed by atoms with Crippen LogP contribution in [0.5, 0.6) is 0 Å². The number of anilines is 1. The Morgan fingerprint density at radius 1 is 1.13 bits per heavy atom. The van der Waals surface area contributed by atoms with Gasteiger partial charge in [0.25, 0.3) is 0 Å². The fourth-order valence-corrected chi connectivity index (χ4v) is 4.15. The molecule has 0 aliphatic carbocycles. The first-order valence-corrected chi connectivity index (χ1v) is 9.42. The fourth-order valence-electron chi connectivity index (χ4n) is 2.77. The van der Waals surface area contributed by atoms with Gasteiger partial charge in [-0.1, -0.05) is 44.2 Å². The normalized spacial score (nSPS) is 16.7. The van der Waals surface area contributed by atoms with Gasteiger partial charge in [-0.15, -0.1) is 11.8 Å². The number of thioether (sulfide) groups is 1. The Morgan fingerprint density at radius 3 is 2.61 bits per heavy atom. The van der Waals surface area contributed by atoms with E-state index >= 15 is 0 Å². The molecule has 0 saturated heterocycles. The van der Waals surface area contributed by atoms with Crippen molar-refractivity contribution in [2.45, 2.75) is 37.1 Å². The first-order valence-electron chi connectivity index (χ1n) is 8.02. The highest BCUT2D eigenvalue weighted by molar-refractivity contribution is 7.99. The quantitative estimate of drug-likeness (QED) is 0.736. The van der Waals surface area contributed by atoms with Gasteiger partial charge in [-0.25, -0.2) is 0 Å². The predicted octanol–water partition coefficient (Wildman–Crippen LogP) is 5.33. The maximum absolute atomic E-state index is 5.50. The van der Waals surface area contributed by atoms with Crippen molar-refractivity contribution >= 4 is 34.8 Å². The third kappa shape index (κ3) is 4.06. The number of hydrogen-bond donors (Lipinski definition) is 2. The molecule has 2 aromatic rings. The van der Waals surface area contributed by atoms with Crippen LogP contribution in [0.25, 0.3) is 0 Å². The molecule has 0 amide bonds. The Hall–Kier alpha value is -1.52. The zero-order valence-electron chi connectivity index (χ0n) is 13.5. The summed E-state index contributed by atoms with van der Waals surface area (Å²) in [4.78, 5) is 1.36. The number of thiocarbonyl (C=S) groups is 1. The van der Waals surface area contributed by atoms with E-state index in [2.05, 4.69) is 73.0 Å². The van der Waals surface area contributed by atoms with Crippen LogP contribution >= 0.6 is 24.0 Å². The van der Waals surface area contributed by atoms with Crippen LogP contribution in [0, 0.1) is 0 Å².